The number of ether oxygens (including phenoxy) is 2. The van der Waals surface area contributed by atoms with Gasteiger partial charge < -0.3 is 25.4 Å². The summed E-state index contributed by atoms with van der Waals surface area (Å²) in [6, 6.07) is 5.93. The lowest BCUT2D eigenvalue weighted by Crippen LogP contribution is -2.36. The Bertz CT molecular complexity index is 692. The molecule has 122 valence electrons. The minimum Gasteiger partial charge on any atom is -0.494 e. The van der Waals surface area contributed by atoms with Gasteiger partial charge in [0.2, 0.25) is 5.95 Å². The Kier molecular flexibility index (Phi) is 4.68. The second-order valence-corrected chi connectivity index (χ2v) is 5.44. The average molecular weight is 336 g/mol. The number of morpholine rings is 1. The normalized spacial score (nSPS) is 14.6. The van der Waals surface area contributed by atoms with Crippen molar-refractivity contribution in [3.63, 3.8) is 0 Å². The molecule has 7 nitrogen and oxygen atoms in total. The fourth-order valence-electron chi connectivity index (χ4n) is 2.36. The zero-order valence-corrected chi connectivity index (χ0v) is 13.5. The molecular formula is C15H18ClN5O2. The molecule has 0 atom stereocenters. The van der Waals surface area contributed by atoms with Crippen LogP contribution in [0.1, 0.15) is 0 Å². The lowest BCUT2D eigenvalue weighted by Gasteiger charge is -2.29. The van der Waals surface area contributed by atoms with Gasteiger partial charge >= 0.3 is 0 Å². The van der Waals surface area contributed by atoms with Gasteiger partial charge in [-0.2, -0.15) is 4.98 Å². The van der Waals surface area contributed by atoms with Gasteiger partial charge in [-0.05, 0) is 12.1 Å². The Hall–Kier alpha value is -2.25. The molecule has 23 heavy (non-hydrogen) atoms. The van der Waals surface area contributed by atoms with Gasteiger partial charge in [0.25, 0.3) is 0 Å². The number of hydrogen-bond donors (Lipinski definition) is 2. The number of rotatable bonds is 4. The molecule has 0 radical (unpaired) electrons. The van der Waals surface area contributed by atoms with Crippen molar-refractivity contribution in [3.8, 4) is 5.75 Å². The molecule has 0 unspecified atom stereocenters. The van der Waals surface area contributed by atoms with E-state index < -0.39 is 0 Å². The lowest BCUT2D eigenvalue weighted by molar-refractivity contribution is 0.122. The Labute approximate surface area is 139 Å². The average Bonchev–Trinajstić information content (AvgIpc) is 2.59. The highest BCUT2D eigenvalue weighted by Crippen LogP contribution is 2.32. The maximum absolute atomic E-state index is 5.83. The second kappa shape index (κ2) is 6.89. The fourth-order valence-corrected chi connectivity index (χ4v) is 2.45. The van der Waals surface area contributed by atoms with Gasteiger partial charge in [-0.25, -0.2) is 4.98 Å². The molecule has 0 amide bonds. The van der Waals surface area contributed by atoms with E-state index in [0.717, 1.165) is 37.7 Å². The van der Waals surface area contributed by atoms with Crippen LogP contribution in [-0.4, -0.2) is 43.4 Å². The number of nitrogens with zero attached hydrogens (tertiary/aromatic N) is 3. The smallest absolute Gasteiger partial charge is 0.229 e. The lowest BCUT2D eigenvalue weighted by atomic mass is 10.2. The van der Waals surface area contributed by atoms with Crippen molar-refractivity contribution in [2.75, 3.05) is 49.4 Å². The molecular weight excluding hydrogens is 318 g/mol. The molecule has 3 rings (SSSR count). The second-order valence-electron chi connectivity index (χ2n) is 5.04. The summed E-state index contributed by atoms with van der Waals surface area (Å²) in [6.45, 7) is 3.21. The quantitative estimate of drug-likeness (QED) is 0.886. The van der Waals surface area contributed by atoms with Gasteiger partial charge in [0, 0.05) is 24.8 Å². The van der Waals surface area contributed by atoms with Gasteiger partial charge in [-0.1, -0.05) is 11.6 Å². The maximum atomic E-state index is 5.83. The van der Waals surface area contributed by atoms with E-state index in [9.17, 15) is 0 Å². The summed E-state index contributed by atoms with van der Waals surface area (Å²) >= 11 is 5.83. The largest absolute Gasteiger partial charge is 0.494 e. The summed E-state index contributed by atoms with van der Waals surface area (Å²) in [5.74, 6) is 1.29. The van der Waals surface area contributed by atoms with Crippen LogP contribution in [-0.2, 0) is 4.74 Å². The molecule has 1 saturated heterocycles. The van der Waals surface area contributed by atoms with Crippen LogP contribution in [0, 0.1) is 0 Å². The summed E-state index contributed by atoms with van der Waals surface area (Å²) in [4.78, 5) is 10.5. The number of halogens is 1. The van der Waals surface area contributed by atoms with E-state index in [1.165, 1.54) is 6.20 Å². The number of aromatic nitrogens is 2. The first-order valence-electron chi connectivity index (χ1n) is 7.23. The van der Waals surface area contributed by atoms with E-state index in [4.69, 9.17) is 26.8 Å². The highest BCUT2D eigenvalue weighted by molar-refractivity contribution is 6.32. The highest BCUT2D eigenvalue weighted by atomic mass is 35.5. The van der Waals surface area contributed by atoms with E-state index in [1.807, 2.05) is 18.2 Å². The first kappa shape index (κ1) is 15.6. The van der Waals surface area contributed by atoms with Gasteiger partial charge in [0.15, 0.2) is 0 Å². The summed E-state index contributed by atoms with van der Waals surface area (Å²) in [6.07, 6.45) is 1.46. The van der Waals surface area contributed by atoms with Crippen LogP contribution >= 0.6 is 11.6 Å². The van der Waals surface area contributed by atoms with Crippen molar-refractivity contribution in [2.45, 2.75) is 0 Å². The summed E-state index contributed by atoms with van der Waals surface area (Å²) < 4.78 is 10.8. The van der Waals surface area contributed by atoms with Crippen molar-refractivity contribution in [3.05, 3.63) is 29.4 Å². The van der Waals surface area contributed by atoms with Crippen LogP contribution < -0.4 is 20.7 Å². The summed E-state index contributed by atoms with van der Waals surface area (Å²) in [7, 11) is 1.63. The first-order valence-corrected chi connectivity index (χ1v) is 7.61. The number of hydrogen-bond acceptors (Lipinski definition) is 7. The van der Waals surface area contributed by atoms with Crippen molar-refractivity contribution in [1.82, 2.24) is 9.97 Å². The van der Waals surface area contributed by atoms with Gasteiger partial charge in [-0.3, -0.25) is 0 Å². The minimum absolute atomic E-state index is 0.230. The van der Waals surface area contributed by atoms with Crippen LogP contribution in [0.2, 0.25) is 5.02 Å². The predicted molar refractivity (Wildman–Crippen MR) is 90.8 cm³/mol. The van der Waals surface area contributed by atoms with Crippen LogP contribution in [0.4, 0.5) is 23.1 Å². The molecule has 1 fully saturated rings. The van der Waals surface area contributed by atoms with Crippen LogP contribution in [0.25, 0.3) is 0 Å². The number of nitrogen functional groups attached to an aromatic ring is 1. The van der Waals surface area contributed by atoms with E-state index >= 15 is 0 Å². The van der Waals surface area contributed by atoms with Crippen LogP contribution in [0.3, 0.4) is 0 Å². The number of methoxy groups -OCH3 is 1. The van der Waals surface area contributed by atoms with E-state index in [2.05, 4.69) is 20.2 Å². The molecule has 0 aliphatic carbocycles. The van der Waals surface area contributed by atoms with Crippen LogP contribution in [0.15, 0.2) is 24.4 Å². The van der Waals surface area contributed by atoms with E-state index in [0.29, 0.717) is 16.7 Å². The van der Waals surface area contributed by atoms with E-state index in [1.54, 1.807) is 7.11 Å². The highest BCUT2D eigenvalue weighted by Gasteiger charge is 2.14. The van der Waals surface area contributed by atoms with E-state index in [-0.39, 0.29) is 5.82 Å². The van der Waals surface area contributed by atoms with Crippen LogP contribution in [0.5, 0.6) is 5.75 Å². The topological polar surface area (TPSA) is 85.5 Å². The molecule has 0 spiro atoms. The Morgan fingerprint density at radius 2 is 2.13 bits per heavy atom. The van der Waals surface area contributed by atoms with Crippen molar-refractivity contribution < 1.29 is 9.47 Å². The Morgan fingerprint density at radius 3 is 2.83 bits per heavy atom. The maximum Gasteiger partial charge on any atom is 0.229 e. The molecule has 1 aromatic heterocycles. The number of benzene rings is 1. The summed E-state index contributed by atoms with van der Waals surface area (Å²) in [5.41, 5.74) is 7.54. The molecule has 0 saturated carbocycles. The molecule has 2 heterocycles. The van der Waals surface area contributed by atoms with Gasteiger partial charge in [-0.15, -0.1) is 0 Å². The number of nitrogens with one attached hydrogen (secondary N) is 1. The predicted octanol–water partition coefficient (Wildman–Crippen LogP) is 2.30. The zero-order chi connectivity index (χ0) is 16.2. The van der Waals surface area contributed by atoms with Crippen molar-refractivity contribution in [2.24, 2.45) is 0 Å². The molecule has 2 aromatic rings. The molecule has 1 aromatic carbocycles. The zero-order valence-electron chi connectivity index (χ0n) is 12.8. The Morgan fingerprint density at radius 1 is 1.35 bits per heavy atom. The van der Waals surface area contributed by atoms with Gasteiger partial charge in [0.05, 0.1) is 32.2 Å². The van der Waals surface area contributed by atoms with Gasteiger partial charge in [0.1, 0.15) is 16.6 Å². The van der Waals surface area contributed by atoms with Crippen molar-refractivity contribution in [1.29, 1.82) is 0 Å². The molecule has 1 aliphatic rings. The molecule has 0 bridgehead atoms. The minimum atomic E-state index is 0.230. The summed E-state index contributed by atoms with van der Waals surface area (Å²) in [5, 5.41) is 3.42. The SMILES string of the molecule is COc1cc(N2CCOCC2)ccc1Nc1ncc(Cl)c(N)n1. The van der Waals surface area contributed by atoms with Crippen molar-refractivity contribution >= 4 is 34.7 Å². The third kappa shape index (κ3) is 3.57. The Balaban J connectivity index is 1.82. The third-order valence-electron chi connectivity index (χ3n) is 3.58. The molecule has 1 aliphatic heterocycles. The number of anilines is 4. The first-order chi connectivity index (χ1) is 11.2. The standard InChI is InChI=1S/C15H18ClN5O2/c1-22-13-8-10(21-4-6-23-7-5-21)2-3-12(13)19-15-18-9-11(16)14(17)20-15/h2-3,8-9H,4-7H2,1H3,(H3,17,18,19,20). The third-order valence-corrected chi connectivity index (χ3v) is 3.87. The number of nitrogens with two attached hydrogens (primary N) is 1. The fraction of sp³-hybridized carbons (Fsp3) is 0.333. The monoisotopic (exact) mass is 335 g/mol. The molecule has 8 heteroatoms. The molecule has 3 N–H and O–H groups in total.